The number of anilines is 1. The van der Waals surface area contributed by atoms with Crippen molar-refractivity contribution >= 4 is 35.2 Å². The van der Waals surface area contributed by atoms with E-state index in [0.29, 0.717) is 47.4 Å². The fourth-order valence-electron chi connectivity index (χ4n) is 4.66. The number of hydrogen-bond acceptors (Lipinski definition) is 7. The Morgan fingerprint density at radius 2 is 1.79 bits per heavy atom. The molecule has 1 amide bonds. The Labute approximate surface area is 220 Å². The van der Waals surface area contributed by atoms with Crippen LogP contribution in [-0.4, -0.2) is 29.3 Å². The van der Waals surface area contributed by atoms with E-state index in [-0.39, 0.29) is 24.9 Å². The van der Waals surface area contributed by atoms with Gasteiger partial charge in [-0.05, 0) is 65.8 Å². The van der Waals surface area contributed by atoms with Crippen molar-refractivity contribution in [1.82, 2.24) is 5.06 Å². The highest BCUT2D eigenvalue weighted by Gasteiger charge is 2.30. The third kappa shape index (κ3) is 5.03. The van der Waals surface area contributed by atoms with Gasteiger partial charge in [0, 0.05) is 28.8 Å². The van der Waals surface area contributed by atoms with Gasteiger partial charge in [0.2, 0.25) is 0 Å². The van der Waals surface area contributed by atoms with E-state index in [4.69, 9.17) is 21.0 Å². The quantitative estimate of drug-likeness (QED) is 0.270. The fraction of sp³-hybridized carbons (Fsp3) is 0.233. The van der Waals surface area contributed by atoms with Gasteiger partial charge < -0.3 is 16.2 Å². The van der Waals surface area contributed by atoms with Gasteiger partial charge in [0.1, 0.15) is 19.0 Å². The highest BCUT2D eigenvalue weighted by molar-refractivity contribution is 6.05. The van der Waals surface area contributed by atoms with Crippen LogP contribution in [0.15, 0.2) is 71.2 Å². The molecule has 0 bridgehead atoms. The first-order valence-corrected chi connectivity index (χ1v) is 12.7. The first-order chi connectivity index (χ1) is 18.4. The zero-order valence-corrected chi connectivity index (χ0v) is 20.9. The molecule has 8 heteroatoms. The van der Waals surface area contributed by atoms with E-state index in [1.165, 1.54) is 5.06 Å². The van der Waals surface area contributed by atoms with E-state index in [0.717, 1.165) is 40.7 Å². The number of nitrogens with zero attached hydrogens (tertiary/aromatic N) is 2. The highest BCUT2D eigenvalue weighted by Crippen LogP contribution is 2.35. The van der Waals surface area contributed by atoms with Crippen molar-refractivity contribution in [2.75, 3.05) is 12.3 Å². The molecule has 4 N–H and O–H groups in total. The van der Waals surface area contributed by atoms with Crippen molar-refractivity contribution in [3.8, 4) is 11.1 Å². The lowest BCUT2D eigenvalue weighted by Gasteiger charge is -2.23. The Kier molecular flexibility index (Phi) is 6.17. The van der Waals surface area contributed by atoms with Gasteiger partial charge >= 0.3 is 5.97 Å². The van der Waals surface area contributed by atoms with E-state index >= 15 is 0 Å². The zero-order valence-electron chi connectivity index (χ0n) is 20.9. The molecule has 3 aromatic carbocycles. The standard InChI is InChI=1S/C30H28N4O4/c31-25-9-3-19(4-10-25)16-38-34(15-18-1-2-18)29(35)24-11-22-7-5-21(13-27(22)33-28(32)14-24)20-6-8-23-17-37-30(36)26(23)12-20/h3-13,18H,1-2,14-17,31H2,(H2,32,33). The van der Waals surface area contributed by atoms with Gasteiger partial charge in [0.05, 0.1) is 17.8 Å². The molecule has 6 rings (SSSR count). The number of amidine groups is 1. The van der Waals surface area contributed by atoms with Crippen molar-refractivity contribution in [1.29, 1.82) is 0 Å². The Hall–Kier alpha value is -4.43. The van der Waals surface area contributed by atoms with Crippen molar-refractivity contribution in [3.63, 3.8) is 0 Å². The number of esters is 1. The summed E-state index contributed by atoms with van der Waals surface area (Å²) in [5, 5.41) is 1.47. The molecule has 2 aliphatic heterocycles. The number of rotatable bonds is 7. The third-order valence-electron chi connectivity index (χ3n) is 7.01. The van der Waals surface area contributed by atoms with Crippen molar-refractivity contribution < 1.29 is 19.2 Å². The lowest BCUT2D eigenvalue weighted by molar-refractivity contribution is -0.188. The van der Waals surface area contributed by atoms with Crippen LogP contribution in [0.4, 0.5) is 11.4 Å². The molecule has 8 nitrogen and oxygen atoms in total. The minimum Gasteiger partial charge on any atom is -0.457 e. The molecule has 2 heterocycles. The number of nitrogen functional groups attached to an aromatic ring is 1. The highest BCUT2D eigenvalue weighted by atomic mass is 16.7. The second-order valence-corrected chi connectivity index (χ2v) is 10.00. The van der Waals surface area contributed by atoms with Gasteiger partial charge in [0.25, 0.3) is 5.91 Å². The predicted octanol–water partition coefficient (Wildman–Crippen LogP) is 4.75. The number of cyclic esters (lactones) is 1. The summed E-state index contributed by atoms with van der Waals surface area (Å²) >= 11 is 0. The molecule has 3 aromatic rings. The summed E-state index contributed by atoms with van der Waals surface area (Å²) < 4.78 is 5.13. The molecule has 0 unspecified atom stereocenters. The van der Waals surface area contributed by atoms with Crippen molar-refractivity contribution in [2.24, 2.45) is 16.6 Å². The summed E-state index contributed by atoms with van der Waals surface area (Å²) in [6, 6.07) is 18.9. The number of amides is 1. The summed E-state index contributed by atoms with van der Waals surface area (Å²) in [5.74, 6) is 0.282. The molecule has 1 fully saturated rings. The van der Waals surface area contributed by atoms with E-state index in [1.807, 2.05) is 66.7 Å². The number of aliphatic imine (C=N–C) groups is 1. The Morgan fingerprint density at radius 3 is 2.58 bits per heavy atom. The van der Waals surface area contributed by atoms with Gasteiger partial charge in [-0.25, -0.2) is 14.9 Å². The fourth-order valence-corrected chi connectivity index (χ4v) is 4.66. The molecule has 38 heavy (non-hydrogen) atoms. The average Bonchev–Trinajstić information content (AvgIpc) is 3.69. The number of ether oxygens (including phenoxy) is 1. The maximum absolute atomic E-state index is 13.6. The minimum absolute atomic E-state index is 0.209. The van der Waals surface area contributed by atoms with E-state index in [1.54, 1.807) is 0 Å². The molecule has 0 saturated heterocycles. The molecule has 1 saturated carbocycles. The zero-order chi connectivity index (χ0) is 26.2. The van der Waals surface area contributed by atoms with E-state index in [9.17, 15) is 9.59 Å². The number of carbonyl (C=O) groups is 2. The normalized spacial score (nSPS) is 16.1. The molecule has 0 spiro atoms. The van der Waals surface area contributed by atoms with Gasteiger partial charge in [-0.1, -0.05) is 36.4 Å². The number of nitrogens with two attached hydrogens (primary N) is 2. The van der Waals surface area contributed by atoms with E-state index in [2.05, 4.69) is 4.99 Å². The molecule has 1 aliphatic carbocycles. The van der Waals surface area contributed by atoms with Crippen LogP contribution >= 0.6 is 0 Å². The predicted molar refractivity (Wildman–Crippen MR) is 145 cm³/mol. The van der Waals surface area contributed by atoms with Crippen LogP contribution in [0.1, 0.15) is 46.3 Å². The molecular weight excluding hydrogens is 480 g/mol. The van der Waals surface area contributed by atoms with Crippen molar-refractivity contribution in [3.05, 3.63) is 88.5 Å². The largest absolute Gasteiger partial charge is 0.457 e. The van der Waals surface area contributed by atoms with Gasteiger partial charge in [-0.2, -0.15) is 0 Å². The van der Waals surface area contributed by atoms with Crippen LogP contribution in [0.2, 0.25) is 0 Å². The maximum Gasteiger partial charge on any atom is 0.338 e. The van der Waals surface area contributed by atoms with Crippen LogP contribution in [0.5, 0.6) is 0 Å². The third-order valence-corrected chi connectivity index (χ3v) is 7.01. The van der Waals surface area contributed by atoms with Crippen LogP contribution in [0, 0.1) is 5.92 Å². The van der Waals surface area contributed by atoms with Gasteiger partial charge in [0.15, 0.2) is 0 Å². The number of hydroxylamine groups is 2. The Balaban J connectivity index is 1.26. The summed E-state index contributed by atoms with van der Waals surface area (Å²) in [4.78, 5) is 36.3. The first kappa shape index (κ1) is 23.9. The smallest absolute Gasteiger partial charge is 0.338 e. The van der Waals surface area contributed by atoms with Crippen LogP contribution in [-0.2, 0) is 27.6 Å². The summed E-state index contributed by atoms with van der Waals surface area (Å²) in [7, 11) is 0. The number of hydrogen-bond donors (Lipinski definition) is 2. The number of benzene rings is 3. The van der Waals surface area contributed by atoms with Gasteiger partial charge in [-0.15, -0.1) is 0 Å². The Morgan fingerprint density at radius 1 is 1.03 bits per heavy atom. The van der Waals surface area contributed by atoms with Gasteiger partial charge in [-0.3, -0.25) is 9.63 Å². The van der Waals surface area contributed by atoms with E-state index < -0.39 is 0 Å². The monoisotopic (exact) mass is 508 g/mol. The van der Waals surface area contributed by atoms with Crippen LogP contribution in [0.3, 0.4) is 0 Å². The minimum atomic E-state index is -0.306. The first-order valence-electron chi connectivity index (χ1n) is 12.7. The molecule has 3 aliphatic rings. The summed E-state index contributed by atoms with van der Waals surface area (Å²) in [5.41, 5.74) is 18.9. The number of fused-ring (bicyclic) bond motifs is 2. The molecular formula is C30H28N4O4. The Bertz CT molecular complexity index is 1490. The van der Waals surface area contributed by atoms with Crippen LogP contribution in [0.25, 0.3) is 17.2 Å². The topological polar surface area (TPSA) is 120 Å². The lowest BCUT2D eigenvalue weighted by Crippen LogP contribution is -2.35. The molecule has 0 atom stereocenters. The van der Waals surface area contributed by atoms with Crippen molar-refractivity contribution in [2.45, 2.75) is 32.5 Å². The average molecular weight is 509 g/mol. The SMILES string of the molecule is NC1=Nc2cc(-c3ccc4c(c3)C(=O)OC4)ccc2C=C(C(=O)N(CC2CC2)OCc2ccc(N)cc2)C1. The number of carbonyl (C=O) groups excluding carboxylic acids is 2. The summed E-state index contributed by atoms with van der Waals surface area (Å²) in [6.45, 7) is 1.11. The maximum atomic E-state index is 13.6. The second-order valence-electron chi connectivity index (χ2n) is 10.00. The summed E-state index contributed by atoms with van der Waals surface area (Å²) in [6.07, 6.45) is 4.24. The molecule has 192 valence electrons. The second kappa shape index (κ2) is 9.79. The molecule has 0 radical (unpaired) electrons. The molecule has 0 aromatic heterocycles. The lowest BCUT2D eigenvalue weighted by atomic mass is 9.98. The van der Waals surface area contributed by atoms with Crippen LogP contribution < -0.4 is 11.5 Å².